The maximum Gasteiger partial charge on any atom is 0.280 e. The molecule has 0 saturated heterocycles. The fraction of sp³-hybridized carbons (Fsp3) is 0.250. The van der Waals surface area contributed by atoms with Crippen LogP contribution >= 0.6 is 11.8 Å². The first-order valence-corrected chi connectivity index (χ1v) is 2.57. The van der Waals surface area contributed by atoms with Crippen LogP contribution in [0.25, 0.3) is 0 Å². The van der Waals surface area contributed by atoms with Gasteiger partial charge < -0.3 is 5.73 Å². The number of hydrogen-bond donors (Lipinski definition) is 1. The number of rotatable bonds is 1. The molecule has 3 heteroatoms. The van der Waals surface area contributed by atoms with Crippen LogP contribution < -0.4 is 5.73 Å². The van der Waals surface area contributed by atoms with Crippen LogP contribution in [-0.2, 0) is 0 Å². The van der Waals surface area contributed by atoms with Crippen LogP contribution in [0, 0.1) is 0 Å². The third kappa shape index (κ3) is 5.56. The van der Waals surface area contributed by atoms with Crippen molar-refractivity contribution in [1.29, 1.82) is 0 Å². The molecule has 0 heterocycles. The minimum absolute atomic E-state index is 0.396. The summed E-state index contributed by atoms with van der Waals surface area (Å²) in [5.74, 6) is 0. The standard InChI is InChI=1S/C4H7NOS/c1-3(2)7-4(5)6/h1H2,2H3,(H2,5,6). The fourth-order valence-corrected chi connectivity index (χ4v) is 0.515. The zero-order chi connectivity index (χ0) is 5.86. The summed E-state index contributed by atoms with van der Waals surface area (Å²) in [4.78, 5) is 10.7. The van der Waals surface area contributed by atoms with Crippen LogP contribution in [0.3, 0.4) is 0 Å². The summed E-state index contributed by atoms with van der Waals surface area (Å²) in [5, 5.41) is -0.396. The van der Waals surface area contributed by atoms with Gasteiger partial charge in [0, 0.05) is 0 Å². The molecule has 0 radical (unpaired) electrons. The van der Waals surface area contributed by atoms with Crippen LogP contribution in [0.15, 0.2) is 11.5 Å². The van der Waals surface area contributed by atoms with Crippen molar-refractivity contribution < 1.29 is 4.79 Å². The first-order chi connectivity index (χ1) is 3.13. The van der Waals surface area contributed by atoms with E-state index in [4.69, 9.17) is 5.73 Å². The van der Waals surface area contributed by atoms with Gasteiger partial charge in [-0.05, 0) is 23.6 Å². The lowest BCUT2D eigenvalue weighted by Gasteiger charge is -1.86. The molecule has 0 aliphatic rings. The SMILES string of the molecule is C=C(C)SC(N)=O. The molecule has 0 aliphatic carbocycles. The highest BCUT2D eigenvalue weighted by atomic mass is 32.2. The summed E-state index contributed by atoms with van der Waals surface area (Å²) in [5.41, 5.74) is 4.76. The summed E-state index contributed by atoms with van der Waals surface area (Å²) in [6.07, 6.45) is 0. The monoisotopic (exact) mass is 117 g/mol. The molecule has 1 amide bonds. The van der Waals surface area contributed by atoms with E-state index in [1.165, 1.54) is 0 Å². The number of hydrogen-bond acceptors (Lipinski definition) is 2. The van der Waals surface area contributed by atoms with Crippen molar-refractivity contribution in [1.82, 2.24) is 0 Å². The van der Waals surface area contributed by atoms with Crippen molar-refractivity contribution >= 4 is 17.0 Å². The quantitative estimate of drug-likeness (QED) is 0.563. The molecule has 7 heavy (non-hydrogen) atoms. The molecular weight excluding hydrogens is 110 g/mol. The van der Waals surface area contributed by atoms with Crippen LogP contribution in [0.5, 0.6) is 0 Å². The molecule has 0 rings (SSSR count). The summed E-state index contributed by atoms with van der Waals surface area (Å²) in [6.45, 7) is 5.19. The van der Waals surface area contributed by atoms with Gasteiger partial charge in [0.2, 0.25) is 0 Å². The molecular formula is C4H7NOS. The van der Waals surface area contributed by atoms with E-state index in [2.05, 4.69) is 6.58 Å². The average Bonchev–Trinajstić information content (AvgIpc) is 1.27. The van der Waals surface area contributed by atoms with Gasteiger partial charge in [0.1, 0.15) is 0 Å². The highest BCUT2D eigenvalue weighted by Gasteiger charge is 1.90. The molecule has 0 spiro atoms. The van der Waals surface area contributed by atoms with E-state index < -0.39 is 5.24 Å². The van der Waals surface area contributed by atoms with Crippen LogP contribution in [0.2, 0.25) is 0 Å². The van der Waals surface area contributed by atoms with Gasteiger partial charge in [0.25, 0.3) is 5.24 Å². The van der Waals surface area contributed by atoms with Gasteiger partial charge in [-0.3, -0.25) is 4.79 Å². The largest absolute Gasteiger partial charge is 0.360 e. The Hall–Kier alpha value is -0.440. The second-order valence-electron chi connectivity index (χ2n) is 1.12. The van der Waals surface area contributed by atoms with E-state index in [9.17, 15) is 4.79 Å². The van der Waals surface area contributed by atoms with E-state index in [1.54, 1.807) is 6.92 Å². The number of carbonyl (C=O) groups is 1. The van der Waals surface area contributed by atoms with E-state index in [0.29, 0.717) is 0 Å². The first-order valence-electron chi connectivity index (χ1n) is 1.75. The Morgan fingerprint density at radius 1 is 1.86 bits per heavy atom. The average molecular weight is 117 g/mol. The molecule has 2 N–H and O–H groups in total. The molecule has 40 valence electrons. The molecule has 0 unspecified atom stereocenters. The summed E-state index contributed by atoms with van der Waals surface area (Å²) in [6, 6.07) is 0. The fourth-order valence-electron chi connectivity index (χ4n) is 0.172. The first kappa shape index (κ1) is 6.56. The lowest BCUT2D eigenvalue weighted by atomic mass is 10.8. The van der Waals surface area contributed by atoms with Gasteiger partial charge in [-0.2, -0.15) is 0 Å². The second-order valence-corrected chi connectivity index (χ2v) is 2.43. The molecule has 0 saturated carbocycles. The lowest BCUT2D eigenvalue weighted by molar-refractivity contribution is 0.267. The van der Waals surface area contributed by atoms with Crippen molar-refractivity contribution in [3.8, 4) is 0 Å². The van der Waals surface area contributed by atoms with Gasteiger partial charge in [-0.25, -0.2) is 0 Å². The minimum Gasteiger partial charge on any atom is -0.360 e. The summed E-state index contributed by atoms with van der Waals surface area (Å²) >= 11 is 0.954. The van der Waals surface area contributed by atoms with Gasteiger partial charge in [-0.15, -0.1) is 0 Å². The Kier molecular flexibility index (Phi) is 2.52. The van der Waals surface area contributed by atoms with Gasteiger partial charge in [0.15, 0.2) is 0 Å². The maximum atomic E-state index is 9.93. The van der Waals surface area contributed by atoms with Crippen LogP contribution in [-0.4, -0.2) is 5.24 Å². The van der Waals surface area contributed by atoms with E-state index in [0.717, 1.165) is 16.7 Å². The number of primary amides is 1. The third-order valence-electron chi connectivity index (χ3n) is 0.275. The number of allylic oxidation sites excluding steroid dienone is 1. The Labute approximate surface area is 46.8 Å². The Bertz CT molecular complexity index is 87.9. The molecule has 0 fully saturated rings. The number of carbonyl (C=O) groups excluding carboxylic acids is 1. The second kappa shape index (κ2) is 2.69. The lowest BCUT2D eigenvalue weighted by Crippen LogP contribution is -2.00. The molecule has 0 aromatic carbocycles. The van der Waals surface area contributed by atoms with Crippen molar-refractivity contribution in [3.05, 3.63) is 11.5 Å². The van der Waals surface area contributed by atoms with Gasteiger partial charge in [0.05, 0.1) is 0 Å². The van der Waals surface area contributed by atoms with E-state index >= 15 is 0 Å². The zero-order valence-corrected chi connectivity index (χ0v) is 4.92. The van der Waals surface area contributed by atoms with Crippen LogP contribution in [0.1, 0.15) is 6.92 Å². The molecule has 0 aliphatic heterocycles. The molecule has 0 aromatic heterocycles. The minimum atomic E-state index is -0.396. The number of thioether (sulfide) groups is 1. The molecule has 0 bridgehead atoms. The van der Waals surface area contributed by atoms with Crippen molar-refractivity contribution in [2.75, 3.05) is 0 Å². The topological polar surface area (TPSA) is 43.1 Å². The van der Waals surface area contributed by atoms with E-state index in [1.807, 2.05) is 0 Å². The third-order valence-corrected chi connectivity index (χ3v) is 0.824. The molecule has 0 atom stereocenters. The number of nitrogens with two attached hydrogens (primary N) is 1. The van der Waals surface area contributed by atoms with Gasteiger partial charge in [-0.1, -0.05) is 6.58 Å². The number of amides is 1. The molecule has 2 nitrogen and oxygen atoms in total. The molecule has 0 aromatic rings. The van der Waals surface area contributed by atoms with Crippen molar-refractivity contribution in [3.63, 3.8) is 0 Å². The Morgan fingerprint density at radius 2 is 2.29 bits per heavy atom. The predicted octanol–water partition coefficient (Wildman–Crippen LogP) is 1.33. The zero-order valence-electron chi connectivity index (χ0n) is 4.10. The normalized spacial score (nSPS) is 8.14. The van der Waals surface area contributed by atoms with Gasteiger partial charge >= 0.3 is 0 Å². The Morgan fingerprint density at radius 3 is 2.29 bits per heavy atom. The highest BCUT2D eigenvalue weighted by Crippen LogP contribution is 2.09. The predicted molar refractivity (Wildman–Crippen MR) is 32.0 cm³/mol. The summed E-state index contributed by atoms with van der Waals surface area (Å²) < 4.78 is 0. The van der Waals surface area contributed by atoms with Crippen molar-refractivity contribution in [2.45, 2.75) is 6.92 Å². The Balaban J connectivity index is 3.32. The van der Waals surface area contributed by atoms with E-state index in [-0.39, 0.29) is 0 Å². The smallest absolute Gasteiger partial charge is 0.280 e. The van der Waals surface area contributed by atoms with Crippen LogP contribution in [0.4, 0.5) is 4.79 Å². The summed E-state index contributed by atoms with van der Waals surface area (Å²) in [7, 11) is 0. The highest BCUT2D eigenvalue weighted by molar-refractivity contribution is 8.16. The maximum absolute atomic E-state index is 9.93. The van der Waals surface area contributed by atoms with Crippen molar-refractivity contribution in [2.24, 2.45) is 5.73 Å².